The predicted molar refractivity (Wildman–Crippen MR) is 89.7 cm³/mol. The smallest absolute Gasteiger partial charge is 0.283 e. The first kappa shape index (κ1) is 16.6. The molecule has 0 aromatic heterocycles. The van der Waals surface area contributed by atoms with Gasteiger partial charge in [0.2, 0.25) is 6.10 Å². The van der Waals surface area contributed by atoms with Crippen molar-refractivity contribution in [2.75, 3.05) is 13.7 Å². The lowest BCUT2D eigenvalue weighted by Gasteiger charge is -2.25. The monoisotopic (exact) mass is 342 g/mol. The third-order valence-corrected chi connectivity index (χ3v) is 3.77. The van der Waals surface area contributed by atoms with E-state index in [-0.39, 0.29) is 6.61 Å². The molecular formula is C18H18N2O5. The molecule has 3 rings (SSSR count). The Morgan fingerprint density at radius 2 is 1.88 bits per heavy atom. The van der Waals surface area contributed by atoms with Crippen LogP contribution in [0.15, 0.2) is 42.5 Å². The maximum absolute atomic E-state index is 12.2. The number of fused-ring (bicyclic) bond motifs is 1. The van der Waals surface area contributed by atoms with E-state index in [1.165, 1.54) is 7.11 Å². The first-order valence-electron chi connectivity index (χ1n) is 7.72. The standard InChI is InChI=1S/C18H18N2O5/c1-11-7-8-12(9-15(11)23-2)17(21)19-20-18(22)16-10-24-13-5-3-4-6-14(13)25-16/h3-9,16H,10H2,1-2H3,(H,19,21)(H,20,22). The summed E-state index contributed by atoms with van der Waals surface area (Å²) in [6.07, 6.45) is -0.845. The van der Waals surface area contributed by atoms with Gasteiger partial charge in [-0.2, -0.15) is 0 Å². The van der Waals surface area contributed by atoms with E-state index in [1.807, 2.05) is 13.0 Å². The molecule has 2 aromatic carbocycles. The number of hydrazine groups is 1. The number of ether oxygens (including phenoxy) is 3. The molecule has 1 aliphatic heterocycles. The Hall–Kier alpha value is -3.22. The Morgan fingerprint density at radius 3 is 2.64 bits per heavy atom. The van der Waals surface area contributed by atoms with E-state index in [1.54, 1.807) is 36.4 Å². The van der Waals surface area contributed by atoms with Crippen LogP contribution in [-0.4, -0.2) is 31.6 Å². The van der Waals surface area contributed by atoms with E-state index >= 15 is 0 Å². The molecule has 0 radical (unpaired) electrons. The van der Waals surface area contributed by atoms with Crippen LogP contribution in [0.2, 0.25) is 0 Å². The minimum atomic E-state index is -0.845. The van der Waals surface area contributed by atoms with Crippen LogP contribution in [0.1, 0.15) is 15.9 Å². The summed E-state index contributed by atoms with van der Waals surface area (Å²) in [5, 5.41) is 0. The second kappa shape index (κ2) is 7.12. The minimum Gasteiger partial charge on any atom is -0.496 e. The van der Waals surface area contributed by atoms with Crippen molar-refractivity contribution in [2.45, 2.75) is 13.0 Å². The van der Waals surface area contributed by atoms with Crippen molar-refractivity contribution in [3.8, 4) is 17.2 Å². The fourth-order valence-electron chi connectivity index (χ4n) is 2.38. The van der Waals surface area contributed by atoms with Gasteiger partial charge in [0.15, 0.2) is 11.5 Å². The van der Waals surface area contributed by atoms with Crippen molar-refractivity contribution >= 4 is 11.8 Å². The molecule has 7 heteroatoms. The molecule has 25 heavy (non-hydrogen) atoms. The highest BCUT2D eigenvalue weighted by Gasteiger charge is 2.27. The van der Waals surface area contributed by atoms with E-state index in [0.717, 1.165) is 5.56 Å². The molecule has 2 N–H and O–H groups in total. The van der Waals surface area contributed by atoms with Gasteiger partial charge >= 0.3 is 0 Å². The van der Waals surface area contributed by atoms with Crippen LogP contribution >= 0.6 is 0 Å². The van der Waals surface area contributed by atoms with Gasteiger partial charge in [-0.25, -0.2) is 0 Å². The molecule has 130 valence electrons. The molecule has 1 atom stereocenters. The number of rotatable bonds is 3. The normalized spacial score (nSPS) is 15.2. The summed E-state index contributed by atoms with van der Waals surface area (Å²) in [5.41, 5.74) is 5.99. The largest absolute Gasteiger partial charge is 0.496 e. The van der Waals surface area contributed by atoms with Gasteiger partial charge in [0, 0.05) is 5.56 Å². The van der Waals surface area contributed by atoms with E-state index in [2.05, 4.69) is 10.9 Å². The lowest BCUT2D eigenvalue weighted by molar-refractivity contribution is -0.131. The van der Waals surface area contributed by atoms with Crippen LogP contribution in [-0.2, 0) is 4.79 Å². The molecule has 0 spiro atoms. The molecule has 0 aliphatic carbocycles. The maximum atomic E-state index is 12.2. The fourth-order valence-corrected chi connectivity index (χ4v) is 2.38. The number of amides is 2. The third kappa shape index (κ3) is 3.65. The molecule has 2 aromatic rings. The topological polar surface area (TPSA) is 85.9 Å². The van der Waals surface area contributed by atoms with Crippen LogP contribution in [0.25, 0.3) is 0 Å². The second-order valence-electron chi connectivity index (χ2n) is 5.49. The summed E-state index contributed by atoms with van der Waals surface area (Å²) >= 11 is 0. The van der Waals surface area contributed by atoms with Crippen molar-refractivity contribution < 1.29 is 23.8 Å². The molecule has 1 aliphatic rings. The van der Waals surface area contributed by atoms with Crippen LogP contribution < -0.4 is 25.1 Å². The molecule has 0 bridgehead atoms. The number of nitrogens with one attached hydrogen (secondary N) is 2. The van der Waals surface area contributed by atoms with Gasteiger partial charge in [-0.3, -0.25) is 20.4 Å². The first-order valence-corrected chi connectivity index (χ1v) is 7.72. The highest BCUT2D eigenvalue weighted by molar-refractivity contribution is 5.96. The highest BCUT2D eigenvalue weighted by Crippen LogP contribution is 2.30. The number of aryl methyl sites for hydroxylation is 1. The summed E-state index contributed by atoms with van der Waals surface area (Å²) in [4.78, 5) is 24.3. The lowest BCUT2D eigenvalue weighted by atomic mass is 10.1. The Balaban J connectivity index is 1.58. The summed E-state index contributed by atoms with van der Waals surface area (Å²) < 4.78 is 16.2. The van der Waals surface area contributed by atoms with E-state index in [0.29, 0.717) is 22.8 Å². The van der Waals surface area contributed by atoms with E-state index < -0.39 is 17.9 Å². The molecule has 1 unspecified atom stereocenters. The highest BCUT2D eigenvalue weighted by atomic mass is 16.6. The van der Waals surface area contributed by atoms with Crippen LogP contribution in [0, 0.1) is 6.92 Å². The maximum Gasteiger partial charge on any atom is 0.283 e. The molecule has 7 nitrogen and oxygen atoms in total. The van der Waals surface area contributed by atoms with Gasteiger partial charge in [-0.05, 0) is 36.8 Å². The zero-order chi connectivity index (χ0) is 17.8. The van der Waals surface area contributed by atoms with Crippen molar-refractivity contribution in [1.82, 2.24) is 10.9 Å². The first-order chi connectivity index (χ1) is 12.1. The van der Waals surface area contributed by atoms with Gasteiger partial charge in [0.05, 0.1) is 7.11 Å². The number of carbonyl (C=O) groups excluding carboxylic acids is 2. The quantitative estimate of drug-likeness (QED) is 0.828. The third-order valence-electron chi connectivity index (χ3n) is 3.77. The Labute approximate surface area is 144 Å². The molecule has 2 amide bonds. The Morgan fingerprint density at radius 1 is 1.12 bits per heavy atom. The fraction of sp³-hybridized carbons (Fsp3) is 0.222. The predicted octanol–water partition coefficient (Wildman–Crippen LogP) is 1.60. The van der Waals surface area contributed by atoms with Crippen molar-refractivity contribution in [1.29, 1.82) is 0 Å². The summed E-state index contributed by atoms with van der Waals surface area (Å²) in [6, 6.07) is 12.1. The Bertz CT molecular complexity index is 806. The summed E-state index contributed by atoms with van der Waals surface area (Å²) in [5.74, 6) is 0.719. The summed E-state index contributed by atoms with van der Waals surface area (Å²) in [7, 11) is 1.53. The van der Waals surface area contributed by atoms with Crippen molar-refractivity contribution in [2.24, 2.45) is 0 Å². The number of hydrogen-bond donors (Lipinski definition) is 2. The van der Waals surface area contributed by atoms with E-state index in [4.69, 9.17) is 14.2 Å². The molecule has 0 saturated heterocycles. The zero-order valence-corrected chi connectivity index (χ0v) is 13.9. The number of benzene rings is 2. The van der Waals surface area contributed by atoms with Gasteiger partial charge in [-0.15, -0.1) is 0 Å². The van der Waals surface area contributed by atoms with Gasteiger partial charge in [-0.1, -0.05) is 18.2 Å². The Kier molecular flexibility index (Phi) is 4.74. The molecular weight excluding hydrogens is 324 g/mol. The molecule has 1 heterocycles. The van der Waals surface area contributed by atoms with Crippen molar-refractivity contribution in [3.05, 3.63) is 53.6 Å². The SMILES string of the molecule is COc1cc(C(=O)NNC(=O)C2COc3ccccc3O2)ccc1C. The molecule has 0 saturated carbocycles. The number of methoxy groups -OCH3 is 1. The van der Waals surface area contributed by atoms with Crippen molar-refractivity contribution in [3.63, 3.8) is 0 Å². The van der Waals surface area contributed by atoms with E-state index in [9.17, 15) is 9.59 Å². The van der Waals surface area contributed by atoms with Gasteiger partial charge < -0.3 is 14.2 Å². The lowest BCUT2D eigenvalue weighted by Crippen LogP contribution is -2.50. The average molecular weight is 342 g/mol. The van der Waals surface area contributed by atoms with Gasteiger partial charge in [0.1, 0.15) is 12.4 Å². The van der Waals surface area contributed by atoms with Crippen LogP contribution in [0.3, 0.4) is 0 Å². The second-order valence-corrected chi connectivity index (χ2v) is 5.49. The number of para-hydroxylation sites is 2. The van der Waals surface area contributed by atoms with Crippen LogP contribution in [0.5, 0.6) is 17.2 Å². The molecule has 0 fully saturated rings. The summed E-state index contributed by atoms with van der Waals surface area (Å²) in [6.45, 7) is 1.94. The number of hydrogen-bond acceptors (Lipinski definition) is 5. The van der Waals surface area contributed by atoms with Crippen LogP contribution in [0.4, 0.5) is 0 Å². The van der Waals surface area contributed by atoms with Gasteiger partial charge in [0.25, 0.3) is 11.8 Å². The number of carbonyl (C=O) groups is 2. The zero-order valence-electron chi connectivity index (χ0n) is 13.9. The minimum absolute atomic E-state index is 0.0665. The average Bonchev–Trinajstić information content (AvgIpc) is 2.65.